The third-order valence-electron chi connectivity index (χ3n) is 3.99. The smallest absolute Gasteiger partial charge is 0.291 e. The van der Waals surface area contributed by atoms with Crippen LogP contribution in [0.1, 0.15) is 5.56 Å². The number of hydrogen-bond donors (Lipinski definition) is 2. The predicted molar refractivity (Wildman–Crippen MR) is 116 cm³/mol. The molecule has 4 aromatic rings. The fraction of sp³-hybridized carbons (Fsp3) is 0.105. The molecule has 4 rings (SSSR count). The van der Waals surface area contributed by atoms with Crippen molar-refractivity contribution in [2.75, 3.05) is 10.6 Å². The van der Waals surface area contributed by atoms with Crippen molar-refractivity contribution < 1.29 is 4.79 Å². The first-order valence-corrected chi connectivity index (χ1v) is 10.4. The van der Waals surface area contributed by atoms with Gasteiger partial charge in [-0.2, -0.15) is 5.10 Å². The van der Waals surface area contributed by atoms with Crippen LogP contribution >= 0.6 is 27.3 Å². The van der Waals surface area contributed by atoms with Crippen LogP contribution in [0.15, 0.2) is 64.8 Å². The minimum atomic E-state index is -0.426. The lowest BCUT2D eigenvalue weighted by Gasteiger charge is -2.05. The van der Waals surface area contributed by atoms with Crippen LogP contribution in [-0.4, -0.2) is 31.0 Å². The number of nitrogens with one attached hydrogen (secondary N) is 2. The monoisotopic (exact) mass is 469 g/mol. The van der Waals surface area contributed by atoms with Crippen LogP contribution in [0.3, 0.4) is 0 Å². The molecule has 2 amide bonds. The maximum Gasteiger partial charge on any atom is 0.326 e. The van der Waals surface area contributed by atoms with Crippen molar-refractivity contribution in [3.8, 4) is 10.6 Å². The van der Waals surface area contributed by atoms with Crippen molar-refractivity contribution in [1.82, 2.24) is 25.0 Å². The van der Waals surface area contributed by atoms with E-state index in [-0.39, 0.29) is 0 Å². The SMILES string of the molecule is O=C(Nc1ccc(-c2ccc(Br)s2)nn1)Nc1ccn(CCc2ccncc2)n1. The second-order valence-electron chi connectivity index (χ2n) is 6.06. The molecule has 0 fully saturated rings. The van der Waals surface area contributed by atoms with Gasteiger partial charge in [-0.05, 0) is 64.3 Å². The standard InChI is InChI=1S/C19H16BrN7OS/c20-16-3-2-15(29-16)14-1-4-17(25-24-14)22-19(28)23-18-8-12-27(26-18)11-7-13-5-9-21-10-6-13/h1-6,8-10,12H,7,11H2,(H2,22,23,25,26,28). The van der Waals surface area contributed by atoms with E-state index < -0.39 is 6.03 Å². The Morgan fingerprint density at radius 2 is 1.83 bits per heavy atom. The molecule has 4 aromatic heterocycles. The van der Waals surface area contributed by atoms with Gasteiger partial charge in [-0.3, -0.25) is 20.3 Å². The molecule has 4 heterocycles. The number of thiophene rings is 1. The van der Waals surface area contributed by atoms with Crippen molar-refractivity contribution in [2.24, 2.45) is 0 Å². The zero-order chi connectivity index (χ0) is 20.1. The van der Waals surface area contributed by atoms with Crippen LogP contribution in [0.2, 0.25) is 0 Å². The summed E-state index contributed by atoms with van der Waals surface area (Å²) < 4.78 is 2.81. The summed E-state index contributed by atoms with van der Waals surface area (Å²) >= 11 is 4.99. The molecule has 0 saturated carbocycles. The van der Waals surface area contributed by atoms with E-state index in [9.17, 15) is 4.79 Å². The summed E-state index contributed by atoms with van der Waals surface area (Å²) in [5.74, 6) is 0.823. The Labute approximate surface area is 179 Å². The Bertz CT molecular complexity index is 1100. The predicted octanol–water partition coefficient (Wildman–Crippen LogP) is 4.45. The van der Waals surface area contributed by atoms with E-state index in [1.54, 1.807) is 40.5 Å². The van der Waals surface area contributed by atoms with Crippen LogP contribution < -0.4 is 10.6 Å². The summed E-state index contributed by atoms with van der Waals surface area (Å²) in [5, 5.41) is 17.9. The maximum absolute atomic E-state index is 12.2. The van der Waals surface area contributed by atoms with Crippen LogP contribution in [-0.2, 0) is 13.0 Å². The lowest BCUT2D eigenvalue weighted by Crippen LogP contribution is -2.20. The van der Waals surface area contributed by atoms with Gasteiger partial charge in [-0.1, -0.05) is 0 Å². The van der Waals surface area contributed by atoms with E-state index in [4.69, 9.17) is 0 Å². The van der Waals surface area contributed by atoms with Gasteiger partial charge in [0.15, 0.2) is 11.6 Å². The molecule has 0 unspecified atom stereocenters. The Hall–Kier alpha value is -3.11. The van der Waals surface area contributed by atoms with Gasteiger partial charge in [0.05, 0.1) is 8.66 Å². The molecule has 146 valence electrons. The Balaban J connectivity index is 1.30. The average Bonchev–Trinajstić information content (AvgIpc) is 3.36. The Morgan fingerprint density at radius 1 is 1.00 bits per heavy atom. The van der Waals surface area contributed by atoms with E-state index in [2.05, 4.69) is 46.8 Å². The van der Waals surface area contributed by atoms with Crippen LogP contribution in [0.25, 0.3) is 10.6 Å². The number of carbonyl (C=O) groups excluding carboxylic acids is 1. The molecule has 2 N–H and O–H groups in total. The minimum Gasteiger partial charge on any atom is -0.291 e. The summed E-state index contributed by atoms with van der Waals surface area (Å²) in [6.07, 6.45) is 6.19. The van der Waals surface area contributed by atoms with Crippen molar-refractivity contribution in [1.29, 1.82) is 0 Å². The number of rotatable bonds is 6. The summed E-state index contributed by atoms with van der Waals surface area (Å²) in [4.78, 5) is 17.2. The highest BCUT2D eigenvalue weighted by Gasteiger charge is 2.08. The molecular weight excluding hydrogens is 454 g/mol. The summed E-state index contributed by atoms with van der Waals surface area (Å²) in [5.41, 5.74) is 1.93. The van der Waals surface area contributed by atoms with Gasteiger partial charge >= 0.3 is 6.03 Å². The molecule has 0 aliphatic heterocycles. The van der Waals surface area contributed by atoms with Crippen molar-refractivity contribution in [3.05, 3.63) is 70.4 Å². The highest BCUT2D eigenvalue weighted by Crippen LogP contribution is 2.29. The first-order valence-electron chi connectivity index (χ1n) is 8.75. The third-order valence-corrected chi connectivity index (χ3v) is 5.64. The van der Waals surface area contributed by atoms with Gasteiger partial charge in [0.25, 0.3) is 0 Å². The number of anilines is 2. The fourth-order valence-corrected chi connectivity index (χ4v) is 3.94. The largest absolute Gasteiger partial charge is 0.326 e. The van der Waals surface area contributed by atoms with Crippen molar-refractivity contribution >= 4 is 44.9 Å². The van der Waals surface area contributed by atoms with Crippen molar-refractivity contribution in [2.45, 2.75) is 13.0 Å². The summed E-state index contributed by atoms with van der Waals surface area (Å²) in [6.45, 7) is 0.707. The number of aromatic nitrogens is 5. The van der Waals surface area contributed by atoms with Crippen molar-refractivity contribution in [3.63, 3.8) is 0 Å². The molecule has 0 aliphatic carbocycles. The van der Waals surface area contributed by atoms with Crippen LogP contribution in [0.4, 0.5) is 16.4 Å². The first kappa shape index (κ1) is 19.2. The van der Waals surface area contributed by atoms with Gasteiger partial charge in [0.1, 0.15) is 5.69 Å². The van der Waals surface area contributed by atoms with Crippen LogP contribution in [0.5, 0.6) is 0 Å². The second-order valence-corrected chi connectivity index (χ2v) is 8.52. The summed E-state index contributed by atoms with van der Waals surface area (Å²) in [7, 11) is 0. The number of amides is 2. The molecule has 0 bridgehead atoms. The zero-order valence-electron chi connectivity index (χ0n) is 15.1. The van der Waals surface area contributed by atoms with E-state index in [1.165, 1.54) is 5.56 Å². The number of pyridine rings is 1. The van der Waals surface area contributed by atoms with Gasteiger partial charge in [0, 0.05) is 31.2 Å². The normalized spacial score (nSPS) is 10.7. The average molecular weight is 470 g/mol. The molecule has 29 heavy (non-hydrogen) atoms. The number of nitrogens with zero attached hydrogens (tertiary/aromatic N) is 5. The maximum atomic E-state index is 12.2. The third kappa shape index (κ3) is 5.24. The van der Waals surface area contributed by atoms with E-state index >= 15 is 0 Å². The highest BCUT2D eigenvalue weighted by molar-refractivity contribution is 9.11. The molecule has 0 aromatic carbocycles. The number of carbonyl (C=O) groups is 1. The van der Waals surface area contributed by atoms with Gasteiger partial charge < -0.3 is 0 Å². The lowest BCUT2D eigenvalue weighted by molar-refractivity contribution is 0.262. The van der Waals surface area contributed by atoms with Crippen LogP contribution in [0, 0.1) is 0 Å². The molecule has 0 radical (unpaired) electrons. The molecule has 0 atom stereocenters. The van der Waals surface area contributed by atoms with E-state index in [0.717, 1.165) is 20.8 Å². The Kier molecular flexibility index (Phi) is 5.92. The van der Waals surface area contributed by atoms with Gasteiger partial charge in [-0.15, -0.1) is 21.5 Å². The molecule has 8 nitrogen and oxygen atoms in total. The van der Waals surface area contributed by atoms with Gasteiger partial charge in [-0.25, -0.2) is 4.79 Å². The molecular formula is C19H16BrN7OS. The zero-order valence-corrected chi connectivity index (χ0v) is 17.5. The topological polar surface area (TPSA) is 97.6 Å². The van der Waals surface area contributed by atoms with E-state index in [0.29, 0.717) is 18.2 Å². The second kappa shape index (κ2) is 8.93. The highest BCUT2D eigenvalue weighted by atomic mass is 79.9. The van der Waals surface area contributed by atoms with Gasteiger partial charge in [0.2, 0.25) is 0 Å². The number of urea groups is 1. The molecule has 10 heteroatoms. The molecule has 0 saturated heterocycles. The Morgan fingerprint density at radius 3 is 2.55 bits per heavy atom. The number of aryl methyl sites for hydroxylation is 2. The summed E-state index contributed by atoms with van der Waals surface area (Å²) in [6, 6.07) is 12.7. The quantitative estimate of drug-likeness (QED) is 0.434. The lowest BCUT2D eigenvalue weighted by atomic mass is 10.2. The fourth-order valence-electron chi connectivity index (χ4n) is 2.59. The van der Waals surface area contributed by atoms with E-state index in [1.807, 2.05) is 36.5 Å². The molecule has 0 aliphatic rings. The molecule has 0 spiro atoms. The number of halogens is 1. The number of hydrogen-bond acceptors (Lipinski definition) is 6. The minimum absolute atomic E-state index is 0.360. The first-order chi connectivity index (χ1) is 14.2.